The molecule has 1 heterocycles. The Hall–Kier alpha value is -1.51. The van der Waals surface area contributed by atoms with Crippen molar-refractivity contribution >= 4 is 10.9 Å². The number of rotatable bonds is 4. The predicted octanol–water partition coefficient (Wildman–Crippen LogP) is 4.66. The van der Waals surface area contributed by atoms with Gasteiger partial charge in [-0.1, -0.05) is 32.1 Å². The Morgan fingerprint density at radius 1 is 1.21 bits per heavy atom. The lowest BCUT2D eigenvalue weighted by Crippen LogP contribution is -2.10. The van der Waals surface area contributed by atoms with Crippen LogP contribution >= 0.6 is 0 Å². The van der Waals surface area contributed by atoms with Gasteiger partial charge in [0.2, 0.25) is 0 Å². The molecule has 0 aliphatic heterocycles. The second-order valence-electron chi connectivity index (χ2n) is 5.49. The van der Waals surface area contributed by atoms with E-state index in [9.17, 15) is 4.39 Å². The molecular formula is C16H20FNO. The van der Waals surface area contributed by atoms with E-state index in [0.29, 0.717) is 12.4 Å². The fraction of sp³-hybridized carbons (Fsp3) is 0.500. The zero-order valence-electron chi connectivity index (χ0n) is 11.1. The van der Waals surface area contributed by atoms with Crippen molar-refractivity contribution in [3.63, 3.8) is 0 Å². The molecule has 0 bridgehead atoms. The first-order valence-corrected chi connectivity index (χ1v) is 7.22. The van der Waals surface area contributed by atoms with Gasteiger partial charge in [-0.05, 0) is 24.5 Å². The van der Waals surface area contributed by atoms with Crippen LogP contribution in [0.3, 0.4) is 0 Å². The molecular weight excluding hydrogens is 241 g/mol. The van der Waals surface area contributed by atoms with Crippen LogP contribution in [0.4, 0.5) is 4.39 Å². The molecule has 1 saturated carbocycles. The molecule has 0 unspecified atom stereocenters. The molecule has 0 atom stereocenters. The third-order valence-corrected chi connectivity index (χ3v) is 4.10. The van der Waals surface area contributed by atoms with Gasteiger partial charge in [-0.25, -0.2) is 4.39 Å². The number of ether oxygens (including phenoxy) is 1. The van der Waals surface area contributed by atoms with Gasteiger partial charge in [0.25, 0.3) is 0 Å². The van der Waals surface area contributed by atoms with Crippen molar-refractivity contribution in [2.45, 2.75) is 38.5 Å². The highest BCUT2D eigenvalue weighted by atomic mass is 19.1. The molecule has 1 fully saturated rings. The number of aromatic amines is 1. The monoisotopic (exact) mass is 261 g/mol. The summed E-state index contributed by atoms with van der Waals surface area (Å²) in [6, 6.07) is 4.87. The van der Waals surface area contributed by atoms with Gasteiger partial charge in [0.05, 0.1) is 12.1 Å². The summed E-state index contributed by atoms with van der Waals surface area (Å²) in [6.07, 6.45) is 9.63. The van der Waals surface area contributed by atoms with Crippen LogP contribution in [0.2, 0.25) is 0 Å². The maximum atomic E-state index is 13.5. The molecule has 2 nitrogen and oxygen atoms in total. The second-order valence-corrected chi connectivity index (χ2v) is 5.49. The van der Waals surface area contributed by atoms with E-state index in [1.165, 1.54) is 44.2 Å². The number of nitrogens with one attached hydrogen (secondary N) is 1. The number of fused-ring (bicyclic) bond motifs is 1. The standard InChI is InChI=1S/C16H20FNO/c17-14-10-13-6-8-18-16(13)15(11-14)19-9-7-12-4-2-1-3-5-12/h6,8,10-12,18H,1-5,7,9H2. The topological polar surface area (TPSA) is 25.0 Å². The normalized spacial score (nSPS) is 16.9. The maximum absolute atomic E-state index is 13.5. The lowest BCUT2D eigenvalue weighted by atomic mass is 9.87. The predicted molar refractivity (Wildman–Crippen MR) is 74.9 cm³/mol. The molecule has 19 heavy (non-hydrogen) atoms. The fourth-order valence-corrected chi connectivity index (χ4v) is 3.03. The van der Waals surface area contributed by atoms with E-state index >= 15 is 0 Å². The molecule has 1 aliphatic carbocycles. The van der Waals surface area contributed by atoms with E-state index in [-0.39, 0.29) is 5.82 Å². The highest BCUT2D eigenvalue weighted by Gasteiger charge is 2.14. The van der Waals surface area contributed by atoms with Gasteiger partial charge in [0.15, 0.2) is 0 Å². The second kappa shape index (κ2) is 5.64. The van der Waals surface area contributed by atoms with Crippen LogP contribution in [0.25, 0.3) is 10.9 Å². The SMILES string of the molecule is Fc1cc(OCCC2CCCCC2)c2[nH]ccc2c1. The van der Waals surface area contributed by atoms with Crippen molar-refractivity contribution in [1.29, 1.82) is 0 Å². The molecule has 1 aliphatic rings. The third kappa shape index (κ3) is 2.91. The van der Waals surface area contributed by atoms with Crippen LogP contribution in [0.1, 0.15) is 38.5 Å². The van der Waals surface area contributed by atoms with Gasteiger partial charge in [-0.2, -0.15) is 0 Å². The van der Waals surface area contributed by atoms with Gasteiger partial charge in [0.1, 0.15) is 11.6 Å². The molecule has 0 amide bonds. The van der Waals surface area contributed by atoms with Crippen molar-refractivity contribution < 1.29 is 9.13 Å². The molecule has 3 heteroatoms. The van der Waals surface area contributed by atoms with Crippen molar-refractivity contribution in [3.8, 4) is 5.75 Å². The zero-order valence-corrected chi connectivity index (χ0v) is 11.1. The minimum absolute atomic E-state index is 0.236. The summed E-state index contributed by atoms with van der Waals surface area (Å²) in [4.78, 5) is 3.11. The Bertz CT molecular complexity index is 543. The number of hydrogen-bond donors (Lipinski definition) is 1. The summed E-state index contributed by atoms with van der Waals surface area (Å²) >= 11 is 0. The molecule has 102 valence electrons. The summed E-state index contributed by atoms with van der Waals surface area (Å²) in [5, 5.41) is 0.868. The fourth-order valence-electron chi connectivity index (χ4n) is 3.03. The Labute approximate surface area is 113 Å². The molecule has 1 aromatic carbocycles. The van der Waals surface area contributed by atoms with E-state index in [1.807, 2.05) is 12.3 Å². The van der Waals surface area contributed by atoms with Crippen molar-refractivity contribution in [1.82, 2.24) is 4.98 Å². The molecule has 0 spiro atoms. The largest absolute Gasteiger partial charge is 0.491 e. The molecule has 1 N–H and O–H groups in total. The molecule has 1 aromatic heterocycles. The average molecular weight is 261 g/mol. The van der Waals surface area contributed by atoms with Crippen LogP contribution in [-0.2, 0) is 0 Å². The van der Waals surface area contributed by atoms with Gasteiger partial charge in [-0.15, -0.1) is 0 Å². The minimum Gasteiger partial charge on any atom is -0.491 e. The zero-order chi connectivity index (χ0) is 13.1. The summed E-state index contributed by atoms with van der Waals surface area (Å²) in [5.41, 5.74) is 0.894. The third-order valence-electron chi connectivity index (χ3n) is 4.10. The van der Waals surface area contributed by atoms with E-state index in [4.69, 9.17) is 4.74 Å². The lowest BCUT2D eigenvalue weighted by molar-refractivity contribution is 0.247. The highest BCUT2D eigenvalue weighted by Crippen LogP contribution is 2.28. The Balaban J connectivity index is 1.63. The number of aromatic nitrogens is 1. The van der Waals surface area contributed by atoms with Crippen LogP contribution < -0.4 is 4.74 Å². The van der Waals surface area contributed by atoms with E-state index in [0.717, 1.165) is 23.2 Å². The average Bonchev–Trinajstić information content (AvgIpc) is 2.88. The minimum atomic E-state index is -0.236. The number of hydrogen-bond acceptors (Lipinski definition) is 1. The summed E-state index contributed by atoms with van der Waals surface area (Å²) in [7, 11) is 0. The van der Waals surface area contributed by atoms with Gasteiger partial charge < -0.3 is 9.72 Å². The van der Waals surface area contributed by atoms with Crippen LogP contribution in [-0.4, -0.2) is 11.6 Å². The number of benzene rings is 1. The highest BCUT2D eigenvalue weighted by molar-refractivity contribution is 5.85. The molecule has 0 saturated heterocycles. The van der Waals surface area contributed by atoms with Crippen LogP contribution in [0.15, 0.2) is 24.4 Å². The van der Waals surface area contributed by atoms with Gasteiger partial charge in [-0.3, -0.25) is 0 Å². The number of H-pyrrole nitrogens is 1. The van der Waals surface area contributed by atoms with Crippen LogP contribution in [0, 0.1) is 11.7 Å². The van der Waals surface area contributed by atoms with Gasteiger partial charge >= 0.3 is 0 Å². The Kier molecular flexibility index (Phi) is 3.72. The smallest absolute Gasteiger partial charge is 0.146 e. The van der Waals surface area contributed by atoms with Gasteiger partial charge in [0, 0.05) is 17.6 Å². The Morgan fingerprint density at radius 3 is 2.89 bits per heavy atom. The maximum Gasteiger partial charge on any atom is 0.146 e. The van der Waals surface area contributed by atoms with Crippen molar-refractivity contribution in [2.75, 3.05) is 6.61 Å². The first-order chi connectivity index (χ1) is 9.33. The lowest BCUT2D eigenvalue weighted by Gasteiger charge is -2.21. The summed E-state index contributed by atoms with van der Waals surface area (Å²) in [5.74, 6) is 1.19. The van der Waals surface area contributed by atoms with Crippen molar-refractivity contribution in [2.24, 2.45) is 5.92 Å². The molecule has 2 aromatic rings. The summed E-state index contributed by atoms with van der Waals surface area (Å²) in [6.45, 7) is 0.683. The first kappa shape index (κ1) is 12.5. The van der Waals surface area contributed by atoms with Crippen LogP contribution in [0.5, 0.6) is 5.75 Å². The quantitative estimate of drug-likeness (QED) is 0.851. The number of halogens is 1. The molecule has 0 radical (unpaired) electrons. The Morgan fingerprint density at radius 2 is 2.05 bits per heavy atom. The molecule has 3 rings (SSSR count). The first-order valence-electron chi connectivity index (χ1n) is 7.22. The van der Waals surface area contributed by atoms with E-state index in [1.54, 1.807) is 0 Å². The van der Waals surface area contributed by atoms with E-state index < -0.39 is 0 Å². The summed E-state index contributed by atoms with van der Waals surface area (Å²) < 4.78 is 19.3. The van der Waals surface area contributed by atoms with E-state index in [2.05, 4.69) is 4.98 Å². The van der Waals surface area contributed by atoms with Crippen molar-refractivity contribution in [3.05, 3.63) is 30.2 Å².